The molecule has 2 aromatic rings. The Bertz CT molecular complexity index is 665. The fourth-order valence-corrected chi connectivity index (χ4v) is 3.57. The zero-order chi connectivity index (χ0) is 12.7. The third kappa shape index (κ3) is 1.71. The van der Waals surface area contributed by atoms with Gasteiger partial charge in [0.05, 0.1) is 12.5 Å². The van der Waals surface area contributed by atoms with Gasteiger partial charge in [0.25, 0.3) is 5.56 Å². The Labute approximate surface area is 107 Å². The molecule has 1 aromatic carbocycles. The Morgan fingerprint density at radius 3 is 3.00 bits per heavy atom. The molecule has 4 nitrogen and oxygen atoms in total. The summed E-state index contributed by atoms with van der Waals surface area (Å²) in [5.74, 6) is 1.30. The Morgan fingerprint density at radius 1 is 1.39 bits per heavy atom. The molecule has 0 saturated heterocycles. The first-order valence-electron chi connectivity index (χ1n) is 5.80. The van der Waals surface area contributed by atoms with Crippen molar-refractivity contribution in [2.45, 2.75) is 18.0 Å². The largest absolute Gasteiger partial charge is 0.610 e. The zero-order valence-electron chi connectivity index (χ0n) is 10.0. The molecule has 1 unspecified atom stereocenters. The van der Waals surface area contributed by atoms with E-state index in [1.165, 1.54) is 0 Å². The van der Waals surface area contributed by atoms with Crippen molar-refractivity contribution in [3.8, 4) is 5.75 Å². The second-order valence-electron chi connectivity index (χ2n) is 4.30. The van der Waals surface area contributed by atoms with E-state index in [9.17, 15) is 9.35 Å². The number of hydrogen-bond acceptors (Lipinski definition) is 3. The highest BCUT2D eigenvalue weighted by Crippen LogP contribution is 2.24. The summed E-state index contributed by atoms with van der Waals surface area (Å²) in [7, 11) is 1.58. The summed E-state index contributed by atoms with van der Waals surface area (Å²) in [5, 5.41) is 2.09. The first-order valence-corrected chi connectivity index (χ1v) is 7.12. The lowest BCUT2D eigenvalue weighted by Gasteiger charge is -2.21. The zero-order valence-corrected chi connectivity index (χ0v) is 10.8. The molecule has 0 fully saturated rings. The molecule has 0 N–H and O–H groups in total. The lowest BCUT2D eigenvalue weighted by Crippen LogP contribution is -2.31. The molecule has 0 saturated carbocycles. The number of nitrogens with zero attached hydrogens (tertiary/aromatic N) is 1. The maximum absolute atomic E-state index is 12.4. The first kappa shape index (κ1) is 11.6. The van der Waals surface area contributed by atoms with Crippen molar-refractivity contribution in [2.75, 3.05) is 12.9 Å². The Morgan fingerprint density at radius 2 is 2.22 bits per heavy atom. The van der Waals surface area contributed by atoms with Crippen LogP contribution < -0.4 is 10.3 Å². The van der Waals surface area contributed by atoms with Gasteiger partial charge >= 0.3 is 0 Å². The van der Waals surface area contributed by atoms with Crippen LogP contribution in [-0.2, 0) is 17.7 Å². The van der Waals surface area contributed by atoms with Gasteiger partial charge in [0.2, 0.25) is 5.03 Å². The van der Waals surface area contributed by atoms with E-state index < -0.39 is 11.2 Å². The van der Waals surface area contributed by atoms with Crippen molar-refractivity contribution in [3.05, 3.63) is 34.6 Å². The number of fused-ring (bicyclic) bond motifs is 2. The van der Waals surface area contributed by atoms with Crippen LogP contribution in [0.1, 0.15) is 6.42 Å². The molecule has 94 valence electrons. The molecule has 0 radical (unpaired) electrons. The van der Waals surface area contributed by atoms with Crippen LogP contribution in [0.4, 0.5) is 0 Å². The van der Waals surface area contributed by atoms with Crippen molar-refractivity contribution >= 4 is 21.9 Å². The quantitative estimate of drug-likeness (QED) is 0.733. The van der Waals surface area contributed by atoms with E-state index in [2.05, 4.69) is 0 Å². The van der Waals surface area contributed by atoms with Crippen molar-refractivity contribution in [1.29, 1.82) is 0 Å². The molecule has 1 atom stereocenters. The number of rotatable bonds is 1. The Balaban J connectivity index is 2.33. The second-order valence-corrected chi connectivity index (χ2v) is 5.81. The average Bonchev–Trinajstić information content (AvgIpc) is 2.40. The van der Waals surface area contributed by atoms with Gasteiger partial charge in [-0.3, -0.25) is 9.36 Å². The van der Waals surface area contributed by atoms with E-state index in [1.54, 1.807) is 17.7 Å². The summed E-state index contributed by atoms with van der Waals surface area (Å²) < 4.78 is 18.7. The first-order chi connectivity index (χ1) is 8.70. The SMILES string of the molecule is COc1ccc2cc3n(c(=O)c2c1)CCC[S+]3[O-]. The maximum Gasteiger partial charge on any atom is 0.262 e. The van der Waals surface area contributed by atoms with E-state index in [0.717, 1.165) is 11.8 Å². The van der Waals surface area contributed by atoms with E-state index in [4.69, 9.17) is 4.74 Å². The summed E-state index contributed by atoms with van der Waals surface area (Å²) >= 11 is -1.06. The van der Waals surface area contributed by atoms with Gasteiger partial charge < -0.3 is 9.29 Å². The van der Waals surface area contributed by atoms with E-state index in [0.29, 0.717) is 28.5 Å². The summed E-state index contributed by atoms with van der Waals surface area (Å²) in [4.78, 5) is 12.4. The number of ether oxygens (including phenoxy) is 1. The Kier molecular flexibility index (Phi) is 2.80. The van der Waals surface area contributed by atoms with Gasteiger partial charge in [0.1, 0.15) is 11.5 Å². The fraction of sp³-hybridized carbons (Fsp3) is 0.308. The highest BCUT2D eigenvalue weighted by Gasteiger charge is 2.23. The number of hydrogen-bond donors (Lipinski definition) is 0. The molecule has 0 bridgehead atoms. The van der Waals surface area contributed by atoms with Crippen molar-refractivity contribution in [3.63, 3.8) is 0 Å². The maximum atomic E-state index is 12.4. The molecule has 1 aliphatic rings. The highest BCUT2D eigenvalue weighted by molar-refractivity contribution is 7.91. The number of benzene rings is 1. The van der Waals surface area contributed by atoms with Crippen LogP contribution in [0.25, 0.3) is 10.8 Å². The summed E-state index contributed by atoms with van der Waals surface area (Å²) in [6, 6.07) is 7.24. The van der Waals surface area contributed by atoms with Gasteiger partial charge in [-0.05, 0) is 17.5 Å². The third-order valence-electron chi connectivity index (χ3n) is 3.23. The van der Waals surface area contributed by atoms with E-state index in [-0.39, 0.29) is 5.56 Å². The topological polar surface area (TPSA) is 54.3 Å². The minimum atomic E-state index is -1.06. The normalized spacial score (nSPS) is 18.7. The van der Waals surface area contributed by atoms with Gasteiger partial charge in [-0.25, -0.2) is 0 Å². The Hall–Kier alpha value is -1.46. The average molecular weight is 263 g/mol. The van der Waals surface area contributed by atoms with Gasteiger partial charge in [-0.1, -0.05) is 6.07 Å². The van der Waals surface area contributed by atoms with Gasteiger partial charge in [-0.2, -0.15) is 0 Å². The summed E-state index contributed by atoms with van der Waals surface area (Å²) in [6.07, 6.45) is 0.787. The molecule has 18 heavy (non-hydrogen) atoms. The summed E-state index contributed by atoms with van der Waals surface area (Å²) in [6.45, 7) is 0.646. The second kappa shape index (κ2) is 4.33. The molecule has 0 aliphatic carbocycles. The number of pyridine rings is 1. The van der Waals surface area contributed by atoms with Crippen LogP contribution in [0, 0.1) is 0 Å². The van der Waals surface area contributed by atoms with Crippen LogP contribution in [0.5, 0.6) is 5.75 Å². The molecule has 0 amide bonds. The molecule has 2 heterocycles. The summed E-state index contributed by atoms with van der Waals surface area (Å²) in [5.41, 5.74) is -0.0746. The predicted molar refractivity (Wildman–Crippen MR) is 70.7 cm³/mol. The lowest BCUT2D eigenvalue weighted by atomic mass is 10.1. The van der Waals surface area contributed by atoms with Crippen LogP contribution in [-0.4, -0.2) is 22.0 Å². The molecule has 0 spiro atoms. The van der Waals surface area contributed by atoms with Gasteiger partial charge in [0.15, 0.2) is 0 Å². The number of methoxy groups -OCH3 is 1. The van der Waals surface area contributed by atoms with Crippen LogP contribution in [0.2, 0.25) is 0 Å². The molecule has 5 heteroatoms. The lowest BCUT2D eigenvalue weighted by molar-refractivity contribution is 0.415. The van der Waals surface area contributed by atoms with Gasteiger partial charge in [-0.15, -0.1) is 0 Å². The standard InChI is InChI=1S/C13H13NO3S/c1-17-10-4-3-9-7-12-14(5-2-6-18(12)16)13(15)11(9)8-10/h3-4,7-8H,2,5-6H2,1H3. The third-order valence-corrected chi connectivity index (χ3v) is 4.69. The van der Waals surface area contributed by atoms with Crippen LogP contribution >= 0.6 is 0 Å². The fourth-order valence-electron chi connectivity index (χ4n) is 2.29. The molecule has 1 aliphatic heterocycles. The molecular weight excluding hydrogens is 250 g/mol. The molecule has 1 aromatic heterocycles. The van der Waals surface area contributed by atoms with E-state index in [1.807, 2.05) is 18.2 Å². The van der Waals surface area contributed by atoms with Crippen LogP contribution in [0.15, 0.2) is 34.1 Å². The van der Waals surface area contributed by atoms with Crippen LogP contribution in [0.3, 0.4) is 0 Å². The monoisotopic (exact) mass is 263 g/mol. The number of aromatic nitrogens is 1. The minimum absolute atomic E-state index is 0.0746. The predicted octanol–water partition coefficient (Wildman–Crippen LogP) is 1.52. The van der Waals surface area contributed by atoms with E-state index >= 15 is 0 Å². The molecule has 3 rings (SSSR count). The van der Waals surface area contributed by atoms with Gasteiger partial charge in [0, 0.05) is 30.2 Å². The highest BCUT2D eigenvalue weighted by atomic mass is 32.2. The van der Waals surface area contributed by atoms with Crippen molar-refractivity contribution in [2.24, 2.45) is 0 Å². The van der Waals surface area contributed by atoms with Crippen molar-refractivity contribution < 1.29 is 9.29 Å². The minimum Gasteiger partial charge on any atom is -0.610 e. The van der Waals surface area contributed by atoms with Crippen molar-refractivity contribution in [1.82, 2.24) is 4.57 Å². The molecular formula is C13H13NO3S. The smallest absolute Gasteiger partial charge is 0.262 e.